The number of allylic oxidation sites excluding steroid dienone is 3. The minimum atomic E-state index is -0.482. The van der Waals surface area contributed by atoms with Gasteiger partial charge in [0.1, 0.15) is 5.60 Å². The maximum absolute atomic E-state index is 12.4. The number of hydrogen-bond acceptors (Lipinski definition) is 3. The summed E-state index contributed by atoms with van der Waals surface area (Å²) < 4.78 is 11.6. The van der Waals surface area contributed by atoms with Gasteiger partial charge in [0, 0.05) is 18.0 Å². The van der Waals surface area contributed by atoms with Crippen LogP contribution in [0.4, 0.5) is 4.79 Å². The molecule has 1 aromatic carbocycles. The second kappa shape index (κ2) is 5.91. The molecule has 0 bridgehead atoms. The fourth-order valence-electron chi connectivity index (χ4n) is 3.77. The molecule has 2 unspecified atom stereocenters. The van der Waals surface area contributed by atoms with Crippen LogP contribution in [0.5, 0.6) is 0 Å². The Morgan fingerprint density at radius 1 is 1.32 bits per heavy atom. The molecule has 0 radical (unpaired) electrons. The topological polar surface area (TPSA) is 38.8 Å². The predicted octanol–water partition coefficient (Wildman–Crippen LogP) is 4.03. The second-order valence-corrected chi connectivity index (χ2v) is 7.80. The van der Waals surface area contributed by atoms with Gasteiger partial charge in [-0.05, 0) is 49.6 Å². The van der Waals surface area contributed by atoms with Crippen LogP contribution in [-0.4, -0.2) is 35.8 Å². The van der Waals surface area contributed by atoms with Gasteiger partial charge in [-0.2, -0.15) is 0 Å². The van der Waals surface area contributed by atoms with Crippen molar-refractivity contribution in [1.29, 1.82) is 0 Å². The summed E-state index contributed by atoms with van der Waals surface area (Å²) in [7, 11) is 0. The molecule has 25 heavy (non-hydrogen) atoms. The molecule has 0 saturated carbocycles. The van der Waals surface area contributed by atoms with Crippen LogP contribution in [-0.2, 0) is 16.1 Å². The minimum absolute atomic E-state index is 0.0407. The number of likely N-dealkylation sites (tertiary alicyclic amines) is 1. The van der Waals surface area contributed by atoms with Crippen molar-refractivity contribution in [3.8, 4) is 0 Å². The van der Waals surface area contributed by atoms with Gasteiger partial charge in [0.15, 0.2) is 0 Å². The van der Waals surface area contributed by atoms with E-state index in [0.29, 0.717) is 19.7 Å². The highest BCUT2D eigenvalue weighted by Gasteiger charge is 2.42. The Labute approximate surface area is 148 Å². The summed E-state index contributed by atoms with van der Waals surface area (Å²) in [6, 6.07) is 6.38. The Morgan fingerprint density at radius 3 is 2.88 bits per heavy atom. The zero-order chi connectivity index (χ0) is 17.6. The van der Waals surface area contributed by atoms with Crippen LogP contribution in [0.25, 0.3) is 5.57 Å². The first-order valence-electron chi connectivity index (χ1n) is 8.77. The van der Waals surface area contributed by atoms with Gasteiger partial charge >= 0.3 is 6.09 Å². The van der Waals surface area contributed by atoms with E-state index >= 15 is 0 Å². The number of amides is 1. The van der Waals surface area contributed by atoms with E-state index in [4.69, 9.17) is 9.47 Å². The molecule has 3 aliphatic rings. The van der Waals surface area contributed by atoms with E-state index in [0.717, 1.165) is 5.57 Å². The van der Waals surface area contributed by atoms with Crippen LogP contribution in [0.1, 0.15) is 43.4 Å². The standard InChI is InChI=1S/C21H23NO3/c1-21(2,3)25-20(23)22-11-17-16-10-6-9-15(14-7-4-5-8-14)18(16)13-24-19(17)12-22/h4-7,9-10,17,19H,11-13H2,1-3H3. The van der Waals surface area contributed by atoms with Crippen molar-refractivity contribution in [2.45, 2.75) is 45.0 Å². The van der Waals surface area contributed by atoms with Crippen molar-refractivity contribution in [3.63, 3.8) is 0 Å². The van der Waals surface area contributed by atoms with Crippen molar-refractivity contribution in [2.24, 2.45) is 0 Å². The smallest absolute Gasteiger partial charge is 0.410 e. The number of carbonyl (C=O) groups is 1. The molecule has 2 heterocycles. The fraction of sp³-hybridized carbons (Fsp3) is 0.429. The quantitative estimate of drug-likeness (QED) is 0.726. The number of nitrogens with zero attached hydrogens (tertiary/aromatic N) is 1. The summed E-state index contributed by atoms with van der Waals surface area (Å²) in [5, 5.41) is 0. The molecule has 0 N–H and O–H groups in total. The highest BCUT2D eigenvalue weighted by atomic mass is 16.6. The SMILES string of the molecule is CC(C)(C)OC(=O)N1CC2OCc3c(C4=C=CC=C4)cccc3C2C1. The molecule has 0 spiro atoms. The Balaban J connectivity index is 1.60. The van der Waals surface area contributed by atoms with Crippen LogP contribution < -0.4 is 0 Å². The zero-order valence-corrected chi connectivity index (χ0v) is 14.9. The molecule has 1 amide bonds. The van der Waals surface area contributed by atoms with Gasteiger partial charge in [0.05, 0.1) is 19.3 Å². The third-order valence-corrected chi connectivity index (χ3v) is 4.86. The van der Waals surface area contributed by atoms with Gasteiger partial charge in [-0.15, -0.1) is 5.73 Å². The highest BCUT2D eigenvalue weighted by Crippen LogP contribution is 2.40. The van der Waals surface area contributed by atoms with E-state index in [1.165, 1.54) is 16.7 Å². The van der Waals surface area contributed by atoms with E-state index in [2.05, 4.69) is 30.0 Å². The van der Waals surface area contributed by atoms with Crippen LogP contribution in [0.2, 0.25) is 0 Å². The fourth-order valence-corrected chi connectivity index (χ4v) is 3.77. The Morgan fingerprint density at radius 2 is 2.16 bits per heavy atom. The largest absolute Gasteiger partial charge is 0.444 e. The molecule has 2 atom stereocenters. The average Bonchev–Trinajstić information content (AvgIpc) is 3.22. The lowest BCUT2D eigenvalue weighted by atomic mass is 9.85. The number of carbonyl (C=O) groups excluding carboxylic acids is 1. The molecule has 4 nitrogen and oxygen atoms in total. The van der Waals surface area contributed by atoms with Crippen molar-refractivity contribution in [3.05, 3.63) is 58.8 Å². The van der Waals surface area contributed by atoms with E-state index in [9.17, 15) is 4.79 Å². The molecule has 4 heteroatoms. The van der Waals surface area contributed by atoms with Gasteiger partial charge in [-0.25, -0.2) is 4.79 Å². The predicted molar refractivity (Wildman–Crippen MR) is 96.2 cm³/mol. The average molecular weight is 337 g/mol. The first kappa shape index (κ1) is 16.2. The van der Waals surface area contributed by atoms with E-state index in [1.807, 2.05) is 32.9 Å². The Bertz CT molecular complexity index is 809. The lowest BCUT2D eigenvalue weighted by molar-refractivity contribution is 0.0126. The first-order valence-corrected chi connectivity index (χ1v) is 8.77. The summed E-state index contributed by atoms with van der Waals surface area (Å²) in [6.07, 6.45) is 5.79. The lowest BCUT2D eigenvalue weighted by Gasteiger charge is -2.29. The number of benzene rings is 1. The molecule has 2 aliphatic heterocycles. The third-order valence-electron chi connectivity index (χ3n) is 4.86. The first-order chi connectivity index (χ1) is 11.9. The van der Waals surface area contributed by atoms with Crippen molar-refractivity contribution in [1.82, 2.24) is 4.90 Å². The van der Waals surface area contributed by atoms with Gasteiger partial charge in [0.25, 0.3) is 0 Å². The number of rotatable bonds is 1. The van der Waals surface area contributed by atoms with Crippen molar-refractivity contribution in [2.75, 3.05) is 13.1 Å². The lowest BCUT2D eigenvalue weighted by Crippen LogP contribution is -2.36. The van der Waals surface area contributed by atoms with Crippen LogP contribution >= 0.6 is 0 Å². The van der Waals surface area contributed by atoms with E-state index in [-0.39, 0.29) is 18.1 Å². The molecular weight excluding hydrogens is 314 g/mol. The van der Waals surface area contributed by atoms with Gasteiger partial charge in [-0.1, -0.05) is 24.3 Å². The minimum Gasteiger partial charge on any atom is -0.444 e. The number of fused-ring (bicyclic) bond motifs is 3. The normalized spacial score (nSPS) is 24.1. The van der Waals surface area contributed by atoms with Crippen molar-refractivity contribution < 1.29 is 14.3 Å². The summed E-state index contributed by atoms with van der Waals surface area (Å²) >= 11 is 0. The zero-order valence-electron chi connectivity index (χ0n) is 14.9. The summed E-state index contributed by atoms with van der Waals surface area (Å²) in [5.74, 6) is 0.200. The molecule has 1 saturated heterocycles. The Hall–Kier alpha value is -2.29. The van der Waals surface area contributed by atoms with Gasteiger partial charge < -0.3 is 14.4 Å². The molecule has 1 fully saturated rings. The van der Waals surface area contributed by atoms with Crippen molar-refractivity contribution >= 4 is 11.7 Å². The van der Waals surface area contributed by atoms with Crippen LogP contribution in [0.15, 0.2) is 42.2 Å². The van der Waals surface area contributed by atoms with Crippen LogP contribution in [0, 0.1) is 0 Å². The molecular formula is C21H23NO3. The highest BCUT2D eigenvalue weighted by molar-refractivity contribution is 5.79. The summed E-state index contributed by atoms with van der Waals surface area (Å²) in [4.78, 5) is 14.2. The summed E-state index contributed by atoms with van der Waals surface area (Å²) in [6.45, 7) is 7.48. The monoisotopic (exact) mass is 337 g/mol. The van der Waals surface area contributed by atoms with Gasteiger partial charge in [0.2, 0.25) is 0 Å². The molecule has 1 aromatic rings. The van der Waals surface area contributed by atoms with Crippen LogP contribution in [0.3, 0.4) is 0 Å². The maximum Gasteiger partial charge on any atom is 0.410 e. The third kappa shape index (κ3) is 3.04. The molecule has 1 aliphatic carbocycles. The second-order valence-electron chi connectivity index (χ2n) is 7.80. The molecule has 130 valence electrons. The molecule has 0 aromatic heterocycles. The van der Waals surface area contributed by atoms with E-state index < -0.39 is 5.60 Å². The molecule has 4 rings (SSSR count). The maximum atomic E-state index is 12.4. The van der Waals surface area contributed by atoms with Gasteiger partial charge in [-0.3, -0.25) is 0 Å². The Kier molecular flexibility index (Phi) is 3.82. The number of ether oxygens (including phenoxy) is 2. The summed E-state index contributed by atoms with van der Waals surface area (Å²) in [5.41, 5.74) is 7.58. The van der Waals surface area contributed by atoms with E-state index in [1.54, 1.807) is 4.90 Å². The number of hydrogen-bond donors (Lipinski definition) is 0.